The molecule has 0 radical (unpaired) electrons. The number of rotatable bonds is 0. The molecule has 0 amide bonds. The van der Waals surface area contributed by atoms with E-state index in [1.54, 1.807) is 0 Å². The molecule has 1 nitrogen and oxygen atoms in total. The first-order valence-electron chi connectivity index (χ1n) is 5.31. The third kappa shape index (κ3) is 1.39. The van der Waals surface area contributed by atoms with Gasteiger partial charge in [-0.1, -0.05) is 20.8 Å². The number of hydrogen-bond donors (Lipinski definition) is 1. The summed E-state index contributed by atoms with van der Waals surface area (Å²) in [6, 6.07) is 0.870. The predicted molar refractivity (Wildman–Crippen MR) is 52.1 cm³/mol. The molecule has 0 aromatic carbocycles. The quantitative estimate of drug-likeness (QED) is 0.584. The maximum Gasteiger partial charge on any atom is 0.00987 e. The summed E-state index contributed by atoms with van der Waals surface area (Å²) >= 11 is 0. The van der Waals surface area contributed by atoms with E-state index >= 15 is 0 Å². The van der Waals surface area contributed by atoms with Crippen molar-refractivity contribution in [3.63, 3.8) is 0 Å². The summed E-state index contributed by atoms with van der Waals surface area (Å²) in [7, 11) is 0. The Morgan fingerprint density at radius 1 is 1.17 bits per heavy atom. The fourth-order valence-corrected chi connectivity index (χ4v) is 2.86. The maximum absolute atomic E-state index is 3.62. The van der Waals surface area contributed by atoms with Crippen molar-refractivity contribution in [2.24, 2.45) is 17.3 Å². The van der Waals surface area contributed by atoms with Crippen LogP contribution in [0.4, 0.5) is 0 Å². The minimum Gasteiger partial charge on any atom is -0.314 e. The second kappa shape index (κ2) is 2.73. The SMILES string of the molecule is CC(C)(C)C1CC2CCNC2C1. The van der Waals surface area contributed by atoms with Crippen LogP contribution in [0, 0.1) is 17.3 Å². The summed E-state index contributed by atoms with van der Waals surface area (Å²) in [5, 5.41) is 3.62. The van der Waals surface area contributed by atoms with Gasteiger partial charge in [0.1, 0.15) is 0 Å². The maximum atomic E-state index is 3.62. The normalized spacial score (nSPS) is 41.8. The van der Waals surface area contributed by atoms with Crippen molar-refractivity contribution in [1.82, 2.24) is 5.32 Å². The Labute approximate surface area is 75.9 Å². The van der Waals surface area contributed by atoms with Crippen LogP contribution in [0.3, 0.4) is 0 Å². The van der Waals surface area contributed by atoms with Crippen LogP contribution in [0.5, 0.6) is 0 Å². The lowest BCUT2D eigenvalue weighted by Crippen LogP contribution is -2.25. The lowest BCUT2D eigenvalue weighted by Gasteiger charge is -2.27. The second-order valence-corrected chi connectivity index (χ2v) is 5.64. The zero-order valence-electron chi connectivity index (χ0n) is 8.56. The first-order valence-corrected chi connectivity index (χ1v) is 5.31. The van der Waals surface area contributed by atoms with Crippen molar-refractivity contribution < 1.29 is 0 Å². The highest BCUT2D eigenvalue weighted by Gasteiger charge is 2.41. The highest BCUT2D eigenvalue weighted by molar-refractivity contribution is 4.96. The summed E-state index contributed by atoms with van der Waals surface area (Å²) in [5.74, 6) is 1.97. The van der Waals surface area contributed by atoms with Crippen LogP contribution in [0.2, 0.25) is 0 Å². The van der Waals surface area contributed by atoms with Crippen molar-refractivity contribution in [2.45, 2.75) is 46.1 Å². The molecule has 1 heterocycles. The van der Waals surface area contributed by atoms with Gasteiger partial charge in [-0.3, -0.25) is 0 Å². The molecule has 1 saturated heterocycles. The van der Waals surface area contributed by atoms with Crippen molar-refractivity contribution in [3.05, 3.63) is 0 Å². The van der Waals surface area contributed by atoms with Gasteiger partial charge < -0.3 is 5.32 Å². The lowest BCUT2D eigenvalue weighted by atomic mass is 9.79. The van der Waals surface area contributed by atoms with Crippen molar-refractivity contribution in [2.75, 3.05) is 6.54 Å². The topological polar surface area (TPSA) is 12.0 Å². The Bertz CT molecular complexity index is 156. The van der Waals surface area contributed by atoms with Crippen molar-refractivity contribution >= 4 is 0 Å². The van der Waals surface area contributed by atoms with Gasteiger partial charge in [0.15, 0.2) is 0 Å². The van der Waals surface area contributed by atoms with E-state index in [1.807, 2.05) is 0 Å². The van der Waals surface area contributed by atoms with Gasteiger partial charge in [0, 0.05) is 6.04 Å². The average Bonchev–Trinajstić information content (AvgIpc) is 2.37. The molecule has 0 aromatic heterocycles. The monoisotopic (exact) mass is 167 g/mol. The van der Waals surface area contributed by atoms with E-state index in [1.165, 1.54) is 25.8 Å². The molecule has 2 aliphatic rings. The molecule has 1 aliphatic carbocycles. The number of nitrogens with one attached hydrogen (secondary N) is 1. The zero-order valence-corrected chi connectivity index (χ0v) is 8.56. The summed E-state index contributed by atoms with van der Waals surface area (Å²) in [6.07, 6.45) is 4.33. The highest BCUT2D eigenvalue weighted by atomic mass is 15.0. The Morgan fingerprint density at radius 2 is 1.92 bits per heavy atom. The van der Waals surface area contributed by atoms with Gasteiger partial charge in [0.05, 0.1) is 0 Å². The van der Waals surface area contributed by atoms with Crippen LogP contribution in [0.1, 0.15) is 40.0 Å². The number of hydrogen-bond acceptors (Lipinski definition) is 1. The molecule has 0 spiro atoms. The molecule has 12 heavy (non-hydrogen) atoms. The third-order valence-corrected chi connectivity index (χ3v) is 3.84. The fraction of sp³-hybridized carbons (Fsp3) is 1.00. The van der Waals surface area contributed by atoms with Crippen LogP contribution in [-0.2, 0) is 0 Å². The van der Waals surface area contributed by atoms with Crippen LogP contribution in [0.25, 0.3) is 0 Å². The fourth-order valence-electron chi connectivity index (χ4n) is 2.86. The predicted octanol–water partition coefficient (Wildman–Crippen LogP) is 2.42. The molecule has 2 fully saturated rings. The largest absolute Gasteiger partial charge is 0.314 e. The molecule has 1 N–H and O–H groups in total. The van der Waals surface area contributed by atoms with Gasteiger partial charge in [-0.05, 0) is 43.1 Å². The molecule has 3 atom stereocenters. The van der Waals surface area contributed by atoms with E-state index in [-0.39, 0.29) is 0 Å². The average molecular weight is 167 g/mol. The van der Waals surface area contributed by atoms with Crippen molar-refractivity contribution in [3.8, 4) is 0 Å². The Kier molecular flexibility index (Phi) is 1.95. The molecular formula is C11H21N. The summed E-state index contributed by atoms with van der Waals surface area (Å²) in [4.78, 5) is 0. The van der Waals surface area contributed by atoms with E-state index in [2.05, 4.69) is 26.1 Å². The molecule has 3 unspecified atom stereocenters. The molecule has 1 aliphatic heterocycles. The molecule has 0 bridgehead atoms. The molecular weight excluding hydrogens is 146 g/mol. The van der Waals surface area contributed by atoms with E-state index in [4.69, 9.17) is 0 Å². The molecule has 1 saturated carbocycles. The summed E-state index contributed by atoms with van der Waals surface area (Å²) < 4.78 is 0. The highest BCUT2D eigenvalue weighted by Crippen LogP contribution is 2.44. The smallest absolute Gasteiger partial charge is 0.00987 e. The van der Waals surface area contributed by atoms with Crippen LogP contribution in [0.15, 0.2) is 0 Å². The van der Waals surface area contributed by atoms with E-state index < -0.39 is 0 Å². The zero-order chi connectivity index (χ0) is 8.77. The Morgan fingerprint density at radius 3 is 2.50 bits per heavy atom. The summed E-state index contributed by atoms with van der Waals surface area (Å²) in [6.45, 7) is 8.43. The Hall–Kier alpha value is -0.0400. The van der Waals surface area contributed by atoms with Gasteiger partial charge in [0.2, 0.25) is 0 Å². The first-order chi connectivity index (χ1) is 5.57. The lowest BCUT2D eigenvalue weighted by molar-refractivity contribution is 0.234. The standard InChI is InChI=1S/C11H21N/c1-11(2,3)9-6-8-4-5-12-10(8)7-9/h8-10,12H,4-7H2,1-3H3. The van der Waals surface area contributed by atoms with Gasteiger partial charge in [-0.25, -0.2) is 0 Å². The Balaban J connectivity index is 1.99. The van der Waals surface area contributed by atoms with E-state index in [0.717, 1.165) is 17.9 Å². The van der Waals surface area contributed by atoms with Gasteiger partial charge in [-0.15, -0.1) is 0 Å². The summed E-state index contributed by atoms with van der Waals surface area (Å²) in [5.41, 5.74) is 0.534. The molecule has 2 rings (SSSR count). The van der Waals surface area contributed by atoms with E-state index in [0.29, 0.717) is 5.41 Å². The minimum atomic E-state index is 0.534. The number of fused-ring (bicyclic) bond motifs is 1. The third-order valence-electron chi connectivity index (χ3n) is 3.84. The van der Waals surface area contributed by atoms with Crippen LogP contribution >= 0.6 is 0 Å². The first kappa shape index (κ1) is 8.55. The molecule has 0 aromatic rings. The second-order valence-electron chi connectivity index (χ2n) is 5.64. The minimum absolute atomic E-state index is 0.534. The van der Waals surface area contributed by atoms with Gasteiger partial charge >= 0.3 is 0 Å². The van der Waals surface area contributed by atoms with Crippen LogP contribution < -0.4 is 5.32 Å². The van der Waals surface area contributed by atoms with Gasteiger partial charge in [0.25, 0.3) is 0 Å². The van der Waals surface area contributed by atoms with Gasteiger partial charge in [-0.2, -0.15) is 0 Å². The molecule has 70 valence electrons. The van der Waals surface area contributed by atoms with Crippen LogP contribution in [-0.4, -0.2) is 12.6 Å². The molecule has 1 heteroatoms. The van der Waals surface area contributed by atoms with Crippen molar-refractivity contribution in [1.29, 1.82) is 0 Å². The van der Waals surface area contributed by atoms with E-state index in [9.17, 15) is 0 Å².